The summed E-state index contributed by atoms with van der Waals surface area (Å²) in [4.78, 5) is 53.9. The molecule has 0 spiro atoms. The number of nitrogens with one attached hydrogen (secondary N) is 1. The second-order valence-electron chi connectivity index (χ2n) is 9.18. The molecule has 0 aliphatic heterocycles. The lowest BCUT2D eigenvalue weighted by Gasteiger charge is -2.21. The normalized spacial score (nSPS) is 10.9. The number of rotatable bonds is 8. The van der Waals surface area contributed by atoms with Crippen LogP contribution in [0.2, 0.25) is 0 Å². The van der Waals surface area contributed by atoms with E-state index < -0.39 is 11.5 Å². The van der Waals surface area contributed by atoms with Crippen molar-refractivity contribution in [3.8, 4) is 5.82 Å². The van der Waals surface area contributed by atoms with Crippen LogP contribution in [0, 0.1) is 0 Å². The van der Waals surface area contributed by atoms with Crippen LogP contribution in [0.15, 0.2) is 78.1 Å². The third-order valence-electron chi connectivity index (χ3n) is 6.09. The van der Waals surface area contributed by atoms with Crippen LogP contribution in [-0.2, 0) is 6.54 Å². The highest BCUT2D eigenvalue weighted by Gasteiger charge is 2.19. The van der Waals surface area contributed by atoms with Crippen molar-refractivity contribution in [1.29, 1.82) is 0 Å². The average Bonchev–Trinajstić information content (AvgIpc) is 3.38. The second-order valence-corrected chi connectivity index (χ2v) is 9.18. The van der Waals surface area contributed by atoms with Gasteiger partial charge in [-0.2, -0.15) is 9.61 Å². The number of fused-ring (bicyclic) bond motifs is 1. The van der Waals surface area contributed by atoms with Crippen molar-refractivity contribution in [2.45, 2.75) is 6.54 Å². The zero-order chi connectivity index (χ0) is 28.4. The molecule has 40 heavy (non-hydrogen) atoms. The van der Waals surface area contributed by atoms with E-state index in [2.05, 4.69) is 25.4 Å². The fraction of sp³-hybridized carbons (Fsp3) is 0.148. The molecular formula is C27H26N10O3. The molecule has 0 aliphatic carbocycles. The van der Waals surface area contributed by atoms with E-state index in [0.717, 1.165) is 5.56 Å². The number of nitrogens with zero attached hydrogens (tertiary/aromatic N) is 8. The van der Waals surface area contributed by atoms with E-state index in [4.69, 9.17) is 5.73 Å². The summed E-state index contributed by atoms with van der Waals surface area (Å²) in [5.41, 5.74) is 6.97. The van der Waals surface area contributed by atoms with Gasteiger partial charge >= 0.3 is 0 Å². The molecule has 1 aromatic carbocycles. The van der Waals surface area contributed by atoms with Gasteiger partial charge in [0.25, 0.3) is 17.4 Å². The van der Waals surface area contributed by atoms with Crippen LogP contribution < -0.4 is 21.5 Å². The summed E-state index contributed by atoms with van der Waals surface area (Å²) in [5, 5.41) is 7.39. The lowest BCUT2D eigenvalue weighted by Crippen LogP contribution is -2.24. The molecule has 3 N–H and O–H groups in total. The summed E-state index contributed by atoms with van der Waals surface area (Å²) in [6.07, 6.45) is 5.59. The first-order chi connectivity index (χ1) is 19.2. The SMILES string of the molecule is CN(C)C(=O)c1cnc(-n2cccc(Nc3cc(N(C)Cc4ccccc4)n4ncc(C(N)=O)c4n3)c2=O)cn1. The highest BCUT2D eigenvalue weighted by atomic mass is 16.2. The summed E-state index contributed by atoms with van der Waals surface area (Å²) in [5.74, 6) is 0.188. The number of carbonyl (C=O) groups excluding carboxylic acids is 2. The van der Waals surface area contributed by atoms with Gasteiger partial charge in [0, 0.05) is 40.0 Å². The zero-order valence-corrected chi connectivity index (χ0v) is 22.0. The number of benzene rings is 1. The van der Waals surface area contributed by atoms with Crippen LogP contribution in [0.4, 0.5) is 17.3 Å². The molecule has 2 amide bonds. The minimum Gasteiger partial charge on any atom is -0.365 e. The predicted molar refractivity (Wildman–Crippen MR) is 149 cm³/mol. The highest BCUT2D eigenvalue weighted by Crippen LogP contribution is 2.24. The van der Waals surface area contributed by atoms with Gasteiger partial charge in [0.15, 0.2) is 11.5 Å². The van der Waals surface area contributed by atoms with Crippen molar-refractivity contribution >= 4 is 34.8 Å². The number of anilines is 3. The van der Waals surface area contributed by atoms with E-state index in [1.165, 1.54) is 32.6 Å². The predicted octanol–water partition coefficient (Wildman–Crippen LogP) is 1.85. The zero-order valence-electron chi connectivity index (χ0n) is 22.0. The smallest absolute Gasteiger partial charge is 0.280 e. The number of pyridine rings is 1. The third kappa shape index (κ3) is 5.07. The topological polar surface area (TPSA) is 157 Å². The Balaban J connectivity index is 1.52. The van der Waals surface area contributed by atoms with E-state index in [1.54, 1.807) is 38.5 Å². The number of nitrogens with two attached hydrogens (primary N) is 1. The summed E-state index contributed by atoms with van der Waals surface area (Å²) in [7, 11) is 5.12. The maximum absolute atomic E-state index is 13.4. The van der Waals surface area contributed by atoms with Gasteiger partial charge in [-0.05, 0) is 17.7 Å². The van der Waals surface area contributed by atoms with E-state index in [-0.39, 0.29) is 34.3 Å². The van der Waals surface area contributed by atoms with Crippen LogP contribution in [0.3, 0.4) is 0 Å². The van der Waals surface area contributed by atoms with Gasteiger partial charge in [-0.25, -0.2) is 15.0 Å². The van der Waals surface area contributed by atoms with Gasteiger partial charge in [-0.3, -0.25) is 19.0 Å². The summed E-state index contributed by atoms with van der Waals surface area (Å²) in [6.45, 7) is 0.550. The van der Waals surface area contributed by atoms with Crippen LogP contribution in [0.1, 0.15) is 26.4 Å². The van der Waals surface area contributed by atoms with E-state index in [9.17, 15) is 14.4 Å². The quantitative estimate of drug-likeness (QED) is 0.301. The Morgan fingerprint density at radius 2 is 1.77 bits per heavy atom. The number of hydrogen-bond acceptors (Lipinski definition) is 9. The van der Waals surface area contributed by atoms with Crippen molar-refractivity contribution in [1.82, 2.24) is 34.0 Å². The van der Waals surface area contributed by atoms with Crippen molar-refractivity contribution in [3.63, 3.8) is 0 Å². The minimum atomic E-state index is -0.673. The van der Waals surface area contributed by atoms with Gasteiger partial charge < -0.3 is 20.9 Å². The molecule has 0 unspecified atom stereocenters. The summed E-state index contributed by atoms with van der Waals surface area (Å²) < 4.78 is 2.83. The number of amides is 2. The summed E-state index contributed by atoms with van der Waals surface area (Å²) in [6, 6.07) is 14.9. The highest BCUT2D eigenvalue weighted by molar-refractivity contribution is 5.99. The number of hydrogen-bond donors (Lipinski definition) is 2. The monoisotopic (exact) mass is 538 g/mol. The lowest BCUT2D eigenvalue weighted by molar-refractivity contribution is 0.0821. The lowest BCUT2D eigenvalue weighted by atomic mass is 10.2. The maximum atomic E-state index is 13.4. The molecule has 4 aromatic heterocycles. The Morgan fingerprint density at radius 1 is 1.00 bits per heavy atom. The van der Waals surface area contributed by atoms with Gasteiger partial charge in [-0.15, -0.1) is 0 Å². The molecule has 0 saturated carbocycles. The molecule has 0 bridgehead atoms. The van der Waals surface area contributed by atoms with Gasteiger partial charge in [-0.1, -0.05) is 30.3 Å². The summed E-state index contributed by atoms with van der Waals surface area (Å²) >= 11 is 0. The van der Waals surface area contributed by atoms with Crippen molar-refractivity contribution < 1.29 is 9.59 Å². The maximum Gasteiger partial charge on any atom is 0.280 e. The fourth-order valence-electron chi connectivity index (χ4n) is 4.09. The Labute approximate surface area is 228 Å². The Hall–Kier alpha value is -5.59. The average molecular weight is 539 g/mol. The van der Waals surface area contributed by atoms with E-state index in [0.29, 0.717) is 18.2 Å². The molecule has 0 atom stereocenters. The molecule has 0 aliphatic rings. The third-order valence-corrected chi connectivity index (χ3v) is 6.09. The number of carbonyl (C=O) groups is 2. The Kier molecular flexibility index (Phi) is 6.93. The van der Waals surface area contributed by atoms with Crippen molar-refractivity contribution in [3.05, 3.63) is 100 Å². The molecular weight excluding hydrogens is 512 g/mol. The van der Waals surface area contributed by atoms with Crippen LogP contribution >= 0.6 is 0 Å². The molecule has 0 fully saturated rings. The fourth-order valence-corrected chi connectivity index (χ4v) is 4.09. The van der Waals surface area contributed by atoms with Crippen molar-refractivity contribution in [2.24, 2.45) is 5.73 Å². The molecule has 5 rings (SSSR count). The largest absolute Gasteiger partial charge is 0.365 e. The first kappa shape index (κ1) is 26.0. The standard InChI is InChI=1S/C27H26N10O3/c1-34(2)26(39)20-14-30-22(15-29-20)36-11-7-10-19(27(36)40)32-21-12-23(35(3)16-17-8-5-4-6-9-17)37-25(33-21)18(13-31-37)24(28)38/h4-15H,16H2,1-3H3,(H2,28,38)(H,32,33). The van der Waals surface area contributed by atoms with E-state index >= 15 is 0 Å². The van der Waals surface area contributed by atoms with Gasteiger partial charge in [0.05, 0.1) is 18.6 Å². The molecule has 4 heterocycles. The second kappa shape index (κ2) is 10.6. The first-order valence-corrected chi connectivity index (χ1v) is 12.2. The van der Waals surface area contributed by atoms with Crippen LogP contribution in [-0.4, -0.2) is 67.0 Å². The molecule has 0 saturated heterocycles. The molecule has 13 heteroatoms. The Morgan fingerprint density at radius 3 is 2.45 bits per heavy atom. The number of primary amides is 1. The van der Waals surface area contributed by atoms with Gasteiger partial charge in [0.2, 0.25) is 0 Å². The molecule has 13 nitrogen and oxygen atoms in total. The molecule has 0 radical (unpaired) electrons. The molecule has 5 aromatic rings. The van der Waals surface area contributed by atoms with Gasteiger partial charge in [0.1, 0.15) is 28.6 Å². The minimum absolute atomic E-state index is 0.145. The van der Waals surface area contributed by atoms with Crippen molar-refractivity contribution in [2.75, 3.05) is 31.4 Å². The van der Waals surface area contributed by atoms with Crippen LogP contribution in [0.25, 0.3) is 11.5 Å². The number of aromatic nitrogens is 6. The first-order valence-electron chi connectivity index (χ1n) is 12.2. The molecule has 202 valence electrons. The Bertz CT molecular complexity index is 1760. The van der Waals surface area contributed by atoms with E-state index in [1.807, 2.05) is 42.3 Å². The van der Waals surface area contributed by atoms with Crippen LogP contribution in [0.5, 0.6) is 0 Å².